The van der Waals surface area contributed by atoms with Crippen LogP contribution in [0.1, 0.15) is 91.5 Å². The number of nitrogens with one attached hydrogen (secondary N) is 10. The molecule has 1 aliphatic heterocycles. The second kappa shape index (κ2) is 30.6. The number of aliphatic hydroxyl groups is 2. The SMILES string of the molecule is CC(C)C[C@H](NC(=O)[C@@H](NC(=O)[C@H](C)NC(=O)[C@H](CCC(=O)O)NC(=O)[C@H](Cc1cnc[nH]1)NC(=O)[C@H](CC(=O)O)NC(=O)[C@H](CO)NC(=O)[C@@H](NC(=O)[C@@H]1CCCN1C(=O)[C@@H](N)Cc1cnc[nH]1)C(C)C)[C@@H](C)O)C(=O)O. The number of aliphatic carboxylic acids is 3. The zero-order chi connectivity index (χ0) is 58.6. The van der Waals surface area contributed by atoms with Gasteiger partial charge in [0.25, 0.3) is 0 Å². The predicted octanol–water partition coefficient (Wildman–Crippen LogP) is -5.37. The average Bonchev–Trinajstić information content (AvgIpc) is 4.18. The highest BCUT2D eigenvalue weighted by Gasteiger charge is 2.40. The second-order valence-electron chi connectivity index (χ2n) is 19.5. The Morgan fingerprint density at radius 1 is 0.641 bits per heavy atom. The maximum atomic E-state index is 14.0. The number of nitrogens with zero attached hydrogens (tertiary/aromatic N) is 3. The Morgan fingerprint density at radius 2 is 1.17 bits per heavy atom. The molecule has 9 amide bonds. The molecule has 2 aromatic heterocycles. The van der Waals surface area contributed by atoms with Crippen LogP contribution in [0.25, 0.3) is 0 Å². The number of aromatic amines is 2. The van der Waals surface area contributed by atoms with Crippen molar-refractivity contribution in [2.45, 2.75) is 159 Å². The van der Waals surface area contributed by atoms with Gasteiger partial charge in [-0.3, -0.25) is 52.7 Å². The van der Waals surface area contributed by atoms with Crippen LogP contribution in [0.4, 0.5) is 0 Å². The number of likely N-dealkylation sites (tertiary alicyclic amines) is 1. The third-order valence-electron chi connectivity index (χ3n) is 12.3. The monoisotopic (exact) mass is 1100 g/mol. The molecule has 0 aliphatic carbocycles. The van der Waals surface area contributed by atoms with E-state index in [1.54, 1.807) is 27.7 Å². The van der Waals surface area contributed by atoms with Crippen LogP contribution in [0.2, 0.25) is 0 Å². The Labute approximate surface area is 447 Å². The summed E-state index contributed by atoms with van der Waals surface area (Å²) in [6.07, 6.45) is 1.73. The van der Waals surface area contributed by atoms with Gasteiger partial charge in [0.1, 0.15) is 54.4 Å². The molecule has 78 heavy (non-hydrogen) atoms. The molecular formula is C47H72N14O17. The molecule has 3 rings (SSSR count). The largest absolute Gasteiger partial charge is 0.481 e. The Balaban J connectivity index is 1.77. The molecule has 0 bridgehead atoms. The smallest absolute Gasteiger partial charge is 0.326 e. The van der Waals surface area contributed by atoms with Crippen LogP contribution in [-0.4, -0.2) is 201 Å². The van der Waals surface area contributed by atoms with Gasteiger partial charge < -0.3 is 88.7 Å². The summed E-state index contributed by atoms with van der Waals surface area (Å²) in [5.41, 5.74) is 6.95. The third kappa shape index (κ3) is 20.1. The van der Waals surface area contributed by atoms with E-state index in [1.807, 2.05) is 0 Å². The van der Waals surface area contributed by atoms with Crippen molar-refractivity contribution in [3.63, 3.8) is 0 Å². The maximum absolute atomic E-state index is 14.0. The quantitative estimate of drug-likeness (QED) is 0.0325. The average molecular weight is 1110 g/mol. The first-order valence-corrected chi connectivity index (χ1v) is 25.0. The van der Waals surface area contributed by atoms with E-state index in [9.17, 15) is 83.1 Å². The van der Waals surface area contributed by atoms with Gasteiger partial charge in [0.05, 0.1) is 37.8 Å². The summed E-state index contributed by atoms with van der Waals surface area (Å²) in [6.45, 7) is 7.93. The summed E-state index contributed by atoms with van der Waals surface area (Å²) in [5, 5.41) is 67.7. The molecule has 17 N–H and O–H groups in total. The Kier molecular flexibility index (Phi) is 25.2. The minimum Gasteiger partial charge on any atom is -0.481 e. The number of hydrogen-bond donors (Lipinski definition) is 16. The molecule has 2 aromatic rings. The minimum absolute atomic E-state index is 0.0126. The van der Waals surface area contributed by atoms with Crippen LogP contribution >= 0.6 is 0 Å². The van der Waals surface area contributed by atoms with Crippen molar-refractivity contribution in [1.29, 1.82) is 0 Å². The van der Waals surface area contributed by atoms with Gasteiger partial charge in [0, 0.05) is 49.6 Å². The summed E-state index contributed by atoms with van der Waals surface area (Å²) >= 11 is 0. The first-order chi connectivity index (χ1) is 36.6. The van der Waals surface area contributed by atoms with Gasteiger partial charge in [-0.15, -0.1) is 0 Å². The number of amides is 9. The van der Waals surface area contributed by atoms with Gasteiger partial charge in [-0.05, 0) is 51.4 Å². The van der Waals surface area contributed by atoms with Crippen LogP contribution < -0.4 is 48.3 Å². The van der Waals surface area contributed by atoms with Crippen molar-refractivity contribution in [2.75, 3.05) is 13.2 Å². The van der Waals surface area contributed by atoms with Crippen LogP contribution in [0.5, 0.6) is 0 Å². The van der Waals surface area contributed by atoms with Crippen LogP contribution in [0.3, 0.4) is 0 Å². The Bertz CT molecular complexity index is 2420. The molecule has 1 saturated heterocycles. The van der Waals surface area contributed by atoms with Crippen LogP contribution in [-0.2, 0) is 70.4 Å². The van der Waals surface area contributed by atoms with Crippen molar-refractivity contribution in [3.05, 3.63) is 36.4 Å². The molecule has 3 heterocycles. The molecule has 432 valence electrons. The van der Waals surface area contributed by atoms with E-state index in [2.05, 4.69) is 62.5 Å². The Morgan fingerprint density at radius 3 is 1.69 bits per heavy atom. The maximum Gasteiger partial charge on any atom is 0.326 e. The highest BCUT2D eigenvalue weighted by atomic mass is 16.4. The lowest BCUT2D eigenvalue weighted by Gasteiger charge is -2.30. The van der Waals surface area contributed by atoms with E-state index in [4.69, 9.17) is 5.73 Å². The summed E-state index contributed by atoms with van der Waals surface area (Å²) in [6, 6.07) is -15.4. The molecule has 0 spiro atoms. The van der Waals surface area contributed by atoms with Gasteiger partial charge in [0.15, 0.2) is 0 Å². The second-order valence-corrected chi connectivity index (χ2v) is 19.5. The van der Waals surface area contributed by atoms with Crippen molar-refractivity contribution >= 4 is 71.1 Å². The summed E-state index contributed by atoms with van der Waals surface area (Å²) in [4.78, 5) is 172. The van der Waals surface area contributed by atoms with Gasteiger partial charge >= 0.3 is 17.9 Å². The number of carboxylic acid groups (broad SMARTS) is 3. The highest BCUT2D eigenvalue weighted by Crippen LogP contribution is 2.20. The molecule has 0 saturated carbocycles. The fourth-order valence-electron chi connectivity index (χ4n) is 8.06. The van der Waals surface area contributed by atoms with E-state index in [-0.39, 0.29) is 37.4 Å². The standard InChI is InChI=1S/C47H72N14O17/c1-21(2)12-31(47(77)78)57-45(75)37(24(6)63)60-38(68)23(5)53-39(69)28(9-10-34(64)65)54-40(70)29(14-26-17-50-20-52-26)55-41(71)30(15-35(66)67)56-42(72)32(18-62)58-44(74)36(22(3)4)59-43(73)33-8-7-11-61(33)46(76)27(48)13-25-16-49-19-51-25/h16-17,19-24,27-33,36-37,62-63H,7-15,18,48H2,1-6H3,(H,49,51)(H,50,52)(H,53,69)(H,54,70)(H,55,71)(H,56,72)(H,57,75)(H,58,74)(H,59,73)(H,60,68)(H,64,65)(H,66,67)(H,77,78)/t23-,24+,27-,28-,29-,30-,31-,32-,33-,36-,37-/m0/s1. The lowest BCUT2D eigenvalue weighted by molar-refractivity contribution is -0.143. The Hall–Kier alpha value is -8.06. The molecular weight excluding hydrogens is 1030 g/mol. The first-order valence-electron chi connectivity index (χ1n) is 25.0. The number of carbonyl (C=O) groups excluding carboxylic acids is 9. The number of hydrogen-bond acceptors (Lipinski definition) is 17. The van der Waals surface area contributed by atoms with E-state index in [1.165, 1.54) is 29.9 Å². The minimum atomic E-state index is -2.02. The van der Waals surface area contributed by atoms with E-state index < -0.39 is 176 Å². The fourth-order valence-corrected chi connectivity index (χ4v) is 8.06. The molecule has 0 aromatic carbocycles. The summed E-state index contributed by atoms with van der Waals surface area (Å²) < 4.78 is 0. The third-order valence-corrected chi connectivity index (χ3v) is 12.3. The lowest BCUT2D eigenvalue weighted by atomic mass is 10.0. The van der Waals surface area contributed by atoms with Crippen LogP contribution in [0.15, 0.2) is 25.0 Å². The zero-order valence-electron chi connectivity index (χ0n) is 43.9. The molecule has 31 heteroatoms. The molecule has 11 atom stereocenters. The number of aromatic nitrogens is 4. The number of nitrogens with two attached hydrogens (primary N) is 1. The van der Waals surface area contributed by atoms with Gasteiger partial charge in [-0.25, -0.2) is 14.8 Å². The number of aliphatic hydroxyl groups excluding tert-OH is 2. The molecule has 0 radical (unpaired) electrons. The number of rotatable bonds is 32. The molecule has 31 nitrogen and oxygen atoms in total. The number of imidazole rings is 2. The highest BCUT2D eigenvalue weighted by molar-refractivity contribution is 5.99. The fraction of sp³-hybridized carbons (Fsp3) is 0.617. The van der Waals surface area contributed by atoms with Crippen molar-refractivity contribution in [3.8, 4) is 0 Å². The van der Waals surface area contributed by atoms with E-state index in [0.717, 1.165) is 13.8 Å². The number of carboxylic acids is 3. The number of carbonyl (C=O) groups is 12. The summed E-state index contributed by atoms with van der Waals surface area (Å²) in [5.74, 6) is -14.5. The first kappa shape index (κ1) is 64.2. The van der Waals surface area contributed by atoms with E-state index >= 15 is 0 Å². The molecule has 0 unspecified atom stereocenters. The van der Waals surface area contributed by atoms with Crippen molar-refractivity contribution in [1.82, 2.24) is 67.4 Å². The summed E-state index contributed by atoms with van der Waals surface area (Å²) in [7, 11) is 0. The molecule has 1 aliphatic rings. The predicted molar refractivity (Wildman–Crippen MR) is 268 cm³/mol. The molecule has 1 fully saturated rings. The topological polar surface area (TPSA) is 489 Å². The van der Waals surface area contributed by atoms with Gasteiger partial charge in [0.2, 0.25) is 53.2 Å². The van der Waals surface area contributed by atoms with Gasteiger partial charge in [-0.2, -0.15) is 0 Å². The normalized spacial score (nSPS) is 17.1. The number of H-pyrrole nitrogens is 2. The van der Waals surface area contributed by atoms with Crippen molar-refractivity contribution in [2.24, 2.45) is 17.6 Å². The zero-order valence-corrected chi connectivity index (χ0v) is 43.9. The lowest BCUT2D eigenvalue weighted by Crippen LogP contribution is -2.62. The van der Waals surface area contributed by atoms with Crippen molar-refractivity contribution < 1.29 is 83.1 Å². The van der Waals surface area contributed by atoms with E-state index in [0.29, 0.717) is 12.1 Å². The van der Waals surface area contributed by atoms with Crippen LogP contribution in [0, 0.1) is 11.8 Å². The van der Waals surface area contributed by atoms with Gasteiger partial charge in [-0.1, -0.05) is 27.7 Å².